The molecular weight excluding hydrogens is 426 g/mol. The highest BCUT2D eigenvalue weighted by molar-refractivity contribution is 7.18. The van der Waals surface area contributed by atoms with Crippen LogP contribution in [0, 0.1) is 13.8 Å². The quantitative estimate of drug-likeness (QED) is 0.297. The van der Waals surface area contributed by atoms with Crippen molar-refractivity contribution in [2.75, 3.05) is 0 Å². The van der Waals surface area contributed by atoms with Gasteiger partial charge in [0.05, 0.1) is 34.1 Å². The summed E-state index contributed by atoms with van der Waals surface area (Å²) in [7, 11) is 0. The fourth-order valence-electron chi connectivity index (χ4n) is 4.72. The number of nitrogens with zero attached hydrogens (tertiary/aromatic N) is 3. The molecular formula is C27H19N5S. The zero-order chi connectivity index (χ0) is 22.1. The van der Waals surface area contributed by atoms with Gasteiger partial charge >= 0.3 is 0 Å². The van der Waals surface area contributed by atoms with Crippen LogP contribution in [-0.2, 0) is 0 Å². The van der Waals surface area contributed by atoms with Crippen molar-refractivity contribution in [2.24, 2.45) is 0 Å². The predicted octanol–water partition coefficient (Wildman–Crippen LogP) is 7.15. The fraction of sp³-hybridized carbons (Fsp3) is 0.0741. The molecule has 0 bridgehead atoms. The van der Waals surface area contributed by atoms with Crippen molar-refractivity contribution in [3.63, 3.8) is 0 Å². The van der Waals surface area contributed by atoms with Crippen molar-refractivity contribution >= 4 is 54.1 Å². The van der Waals surface area contributed by atoms with Gasteiger partial charge in [0.1, 0.15) is 11.6 Å². The van der Waals surface area contributed by atoms with Crippen LogP contribution in [0.15, 0.2) is 66.2 Å². The van der Waals surface area contributed by atoms with Crippen LogP contribution in [0.1, 0.15) is 11.6 Å². The topological polar surface area (TPSA) is 70.2 Å². The lowest BCUT2D eigenvalue weighted by Crippen LogP contribution is -1.88. The highest BCUT2D eigenvalue weighted by Crippen LogP contribution is 2.38. The van der Waals surface area contributed by atoms with Gasteiger partial charge in [-0.1, -0.05) is 24.3 Å². The number of aryl methyl sites for hydroxylation is 2. The molecule has 0 spiro atoms. The summed E-state index contributed by atoms with van der Waals surface area (Å²) in [6.07, 6.45) is 1.87. The average Bonchev–Trinajstić information content (AvgIpc) is 3.57. The molecule has 6 heteroatoms. The van der Waals surface area contributed by atoms with Crippen molar-refractivity contribution in [3.05, 3.63) is 77.8 Å². The van der Waals surface area contributed by atoms with Crippen LogP contribution in [0.3, 0.4) is 0 Å². The summed E-state index contributed by atoms with van der Waals surface area (Å²) in [5, 5.41) is 6.90. The monoisotopic (exact) mass is 445 g/mol. The SMILES string of the molecule is Cc1ncc(-c2ccc3nc(-c4ccc5c(c4)c4sccc4c4nc(C)[nH]c54)ccc3c2)[nH]1. The number of aromatic amines is 2. The van der Waals surface area contributed by atoms with E-state index in [-0.39, 0.29) is 0 Å². The molecule has 0 aliphatic heterocycles. The predicted molar refractivity (Wildman–Crippen MR) is 137 cm³/mol. The number of benzene rings is 3. The van der Waals surface area contributed by atoms with E-state index in [1.165, 1.54) is 20.9 Å². The number of H-pyrrole nitrogens is 2. The molecule has 0 unspecified atom stereocenters. The first-order valence-electron chi connectivity index (χ1n) is 10.9. The summed E-state index contributed by atoms with van der Waals surface area (Å²) >= 11 is 1.77. The van der Waals surface area contributed by atoms with Gasteiger partial charge in [-0.15, -0.1) is 11.3 Å². The number of imidazole rings is 2. The minimum absolute atomic E-state index is 0.914. The molecule has 0 atom stereocenters. The van der Waals surface area contributed by atoms with E-state index in [1.807, 2.05) is 20.0 Å². The van der Waals surface area contributed by atoms with Crippen LogP contribution in [0.4, 0.5) is 0 Å². The van der Waals surface area contributed by atoms with Crippen LogP contribution in [0.25, 0.3) is 65.3 Å². The molecule has 0 aliphatic rings. The maximum absolute atomic E-state index is 4.98. The molecule has 2 N–H and O–H groups in total. The summed E-state index contributed by atoms with van der Waals surface area (Å²) in [6.45, 7) is 3.97. The van der Waals surface area contributed by atoms with E-state index in [0.29, 0.717) is 0 Å². The molecule has 158 valence electrons. The van der Waals surface area contributed by atoms with Gasteiger partial charge in [-0.3, -0.25) is 0 Å². The normalized spacial score (nSPS) is 11.9. The molecule has 7 rings (SSSR count). The number of rotatable bonds is 2. The third-order valence-electron chi connectivity index (χ3n) is 6.27. The Balaban J connectivity index is 1.39. The second kappa shape index (κ2) is 6.73. The molecule has 7 aromatic rings. The van der Waals surface area contributed by atoms with Gasteiger partial charge in [0.2, 0.25) is 0 Å². The van der Waals surface area contributed by atoms with E-state index in [4.69, 9.17) is 9.97 Å². The lowest BCUT2D eigenvalue weighted by atomic mass is 10.0. The molecule has 0 saturated heterocycles. The summed E-state index contributed by atoms with van der Waals surface area (Å²) in [4.78, 5) is 20.8. The third-order valence-corrected chi connectivity index (χ3v) is 7.22. The number of hydrogen-bond acceptors (Lipinski definition) is 4. The van der Waals surface area contributed by atoms with Gasteiger partial charge in [0, 0.05) is 37.4 Å². The molecule has 0 aliphatic carbocycles. The molecule has 5 nitrogen and oxygen atoms in total. The van der Waals surface area contributed by atoms with Crippen molar-refractivity contribution in [1.82, 2.24) is 24.9 Å². The van der Waals surface area contributed by atoms with Crippen molar-refractivity contribution in [2.45, 2.75) is 13.8 Å². The molecule has 3 aromatic carbocycles. The van der Waals surface area contributed by atoms with Gasteiger partial charge in [-0.2, -0.15) is 0 Å². The Kier molecular flexibility index (Phi) is 3.78. The van der Waals surface area contributed by atoms with E-state index in [1.54, 1.807) is 11.3 Å². The lowest BCUT2D eigenvalue weighted by molar-refractivity contribution is 1.15. The number of pyridine rings is 1. The van der Waals surface area contributed by atoms with E-state index in [2.05, 4.69) is 74.9 Å². The molecule has 0 radical (unpaired) electrons. The Morgan fingerprint density at radius 1 is 0.758 bits per heavy atom. The first-order chi connectivity index (χ1) is 16.1. The Morgan fingerprint density at radius 2 is 1.67 bits per heavy atom. The Hall–Kier alpha value is -4.03. The first kappa shape index (κ1) is 18.5. The first-order valence-corrected chi connectivity index (χ1v) is 11.7. The number of aromatic nitrogens is 5. The van der Waals surface area contributed by atoms with Crippen molar-refractivity contribution in [1.29, 1.82) is 0 Å². The standard InChI is InChI=1S/C27H19N5S/c1-14-28-13-24(29-14)17-5-8-22-16(11-17)4-7-23(32-22)18-3-6-19-21(12-18)27-20(9-10-33-27)26-25(19)30-15(2)31-26/h3-13H,1-2H3,(H,28,29)(H,30,31). The van der Waals surface area contributed by atoms with Gasteiger partial charge < -0.3 is 9.97 Å². The summed E-state index contributed by atoms with van der Waals surface area (Å²) in [5.74, 6) is 1.85. The second-order valence-corrected chi connectivity index (χ2v) is 9.37. The largest absolute Gasteiger partial charge is 0.342 e. The Bertz CT molecular complexity index is 1850. The van der Waals surface area contributed by atoms with Crippen LogP contribution < -0.4 is 0 Å². The molecule has 0 saturated carbocycles. The molecule has 33 heavy (non-hydrogen) atoms. The van der Waals surface area contributed by atoms with Gasteiger partial charge in [-0.05, 0) is 49.6 Å². The van der Waals surface area contributed by atoms with Gasteiger partial charge in [0.15, 0.2) is 0 Å². The minimum atomic E-state index is 0.914. The third kappa shape index (κ3) is 2.81. The minimum Gasteiger partial charge on any atom is -0.342 e. The summed E-state index contributed by atoms with van der Waals surface area (Å²) in [6, 6.07) is 19.4. The smallest absolute Gasteiger partial charge is 0.104 e. The second-order valence-electron chi connectivity index (χ2n) is 8.46. The Morgan fingerprint density at radius 3 is 2.55 bits per heavy atom. The van der Waals surface area contributed by atoms with Gasteiger partial charge in [-0.25, -0.2) is 15.0 Å². The average molecular weight is 446 g/mol. The van der Waals surface area contributed by atoms with Crippen molar-refractivity contribution < 1.29 is 0 Å². The van der Waals surface area contributed by atoms with Crippen LogP contribution >= 0.6 is 11.3 Å². The zero-order valence-corrected chi connectivity index (χ0v) is 18.9. The molecule has 4 aromatic heterocycles. The highest BCUT2D eigenvalue weighted by atomic mass is 32.1. The van der Waals surface area contributed by atoms with E-state index in [9.17, 15) is 0 Å². The van der Waals surface area contributed by atoms with Crippen LogP contribution in [0.5, 0.6) is 0 Å². The van der Waals surface area contributed by atoms with Gasteiger partial charge in [0.25, 0.3) is 0 Å². The molecule has 0 amide bonds. The zero-order valence-electron chi connectivity index (χ0n) is 18.1. The summed E-state index contributed by atoms with van der Waals surface area (Å²) < 4.78 is 1.27. The number of hydrogen-bond donors (Lipinski definition) is 2. The number of fused-ring (bicyclic) bond motifs is 7. The van der Waals surface area contributed by atoms with Crippen LogP contribution in [-0.4, -0.2) is 24.9 Å². The maximum atomic E-state index is 4.98. The highest BCUT2D eigenvalue weighted by Gasteiger charge is 2.14. The summed E-state index contributed by atoms with van der Waals surface area (Å²) in [5.41, 5.74) is 7.36. The maximum Gasteiger partial charge on any atom is 0.104 e. The van der Waals surface area contributed by atoms with E-state index in [0.717, 1.165) is 56.1 Å². The fourth-order valence-corrected chi connectivity index (χ4v) is 5.64. The van der Waals surface area contributed by atoms with E-state index < -0.39 is 0 Å². The van der Waals surface area contributed by atoms with Crippen LogP contribution in [0.2, 0.25) is 0 Å². The van der Waals surface area contributed by atoms with Crippen molar-refractivity contribution in [3.8, 4) is 22.5 Å². The Labute approximate surface area is 193 Å². The molecule has 0 fully saturated rings. The molecule has 4 heterocycles. The lowest BCUT2D eigenvalue weighted by Gasteiger charge is -2.08. The number of thiophene rings is 1. The number of nitrogens with one attached hydrogen (secondary N) is 2. The van der Waals surface area contributed by atoms with E-state index >= 15 is 0 Å².